The van der Waals surface area contributed by atoms with Crippen molar-refractivity contribution in [1.29, 1.82) is 0 Å². The van der Waals surface area contributed by atoms with Gasteiger partial charge < -0.3 is 9.88 Å². The molecule has 1 amide bonds. The second-order valence-corrected chi connectivity index (χ2v) is 6.53. The van der Waals surface area contributed by atoms with Gasteiger partial charge in [-0.2, -0.15) is 0 Å². The maximum absolute atomic E-state index is 14.0. The fourth-order valence-electron chi connectivity index (χ4n) is 3.10. The van der Waals surface area contributed by atoms with Gasteiger partial charge in [-0.05, 0) is 36.4 Å². The molecule has 0 fully saturated rings. The van der Waals surface area contributed by atoms with E-state index in [1.807, 2.05) is 0 Å². The number of aromatic nitrogens is 2. The highest BCUT2D eigenvalue weighted by atomic mass is 35.5. The second-order valence-electron chi connectivity index (χ2n) is 6.09. The van der Waals surface area contributed by atoms with E-state index in [1.54, 1.807) is 37.5 Å². The Kier molecular flexibility index (Phi) is 4.12. The van der Waals surface area contributed by atoms with Crippen molar-refractivity contribution in [3.63, 3.8) is 0 Å². The van der Waals surface area contributed by atoms with Gasteiger partial charge in [-0.1, -0.05) is 17.7 Å². The number of aryl methyl sites for hydroxylation is 1. The third-order valence-electron chi connectivity index (χ3n) is 4.35. The van der Waals surface area contributed by atoms with E-state index >= 15 is 0 Å². The Morgan fingerprint density at radius 3 is 2.81 bits per heavy atom. The average Bonchev–Trinajstić information content (AvgIpc) is 2.65. The van der Waals surface area contributed by atoms with Crippen LogP contribution in [0.15, 0.2) is 59.7 Å². The third-order valence-corrected chi connectivity index (χ3v) is 4.58. The molecule has 7 heteroatoms. The van der Waals surface area contributed by atoms with Gasteiger partial charge in [-0.15, -0.1) is 0 Å². The van der Waals surface area contributed by atoms with E-state index < -0.39 is 17.2 Å². The van der Waals surface area contributed by atoms with E-state index in [1.165, 1.54) is 29.0 Å². The van der Waals surface area contributed by atoms with Crippen LogP contribution in [0.25, 0.3) is 21.8 Å². The van der Waals surface area contributed by atoms with E-state index in [2.05, 4.69) is 10.3 Å². The number of carbonyl (C=O) groups is 1. The summed E-state index contributed by atoms with van der Waals surface area (Å²) in [6, 6.07) is 11.0. The molecule has 134 valence electrons. The highest BCUT2D eigenvalue weighted by Gasteiger charge is 2.17. The maximum atomic E-state index is 14.0. The maximum Gasteiger partial charge on any atom is 0.261 e. The van der Waals surface area contributed by atoms with Crippen LogP contribution in [0, 0.1) is 5.82 Å². The summed E-state index contributed by atoms with van der Waals surface area (Å²) in [4.78, 5) is 29.7. The summed E-state index contributed by atoms with van der Waals surface area (Å²) in [5.41, 5.74) is 0.679. The van der Waals surface area contributed by atoms with Crippen LogP contribution < -0.4 is 10.7 Å². The quantitative estimate of drug-likeness (QED) is 0.567. The molecular formula is C20H13ClFN3O2. The van der Waals surface area contributed by atoms with Crippen molar-refractivity contribution < 1.29 is 9.18 Å². The van der Waals surface area contributed by atoms with Gasteiger partial charge in [-0.25, -0.2) is 4.39 Å². The molecule has 0 unspecified atom stereocenters. The van der Waals surface area contributed by atoms with E-state index in [9.17, 15) is 14.0 Å². The number of nitrogens with one attached hydrogen (secondary N) is 1. The SMILES string of the molecule is Cn1cc(C(=O)Nc2ccnc3ccc(Cl)cc23)c(=O)c2cccc(F)c21. The van der Waals surface area contributed by atoms with Crippen LogP contribution in [0.1, 0.15) is 10.4 Å². The first-order chi connectivity index (χ1) is 13.0. The van der Waals surface area contributed by atoms with E-state index in [-0.39, 0.29) is 16.5 Å². The van der Waals surface area contributed by atoms with Crippen LogP contribution in [0.2, 0.25) is 5.02 Å². The number of hydrogen-bond acceptors (Lipinski definition) is 3. The van der Waals surface area contributed by atoms with Crippen LogP contribution >= 0.6 is 11.6 Å². The standard InChI is InChI=1S/C20H13ClFN3O2/c1-25-10-14(19(26)12-3-2-4-15(22)18(12)25)20(27)24-17-7-8-23-16-6-5-11(21)9-13(16)17/h2-10H,1H3,(H,23,24,27). The summed E-state index contributed by atoms with van der Waals surface area (Å²) >= 11 is 6.04. The average molecular weight is 382 g/mol. The lowest BCUT2D eigenvalue weighted by Crippen LogP contribution is -2.23. The number of carbonyl (C=O) groups excluding carboxylic acids is 1. The lowest BCUT2D eigenvalue weighted by atomic mass is 10.1. The third kappa shape index (κ3) is 2.94. The normalized spacial score (nSPS) is 11.1. The number of fused-ring (bicyclic) bond motifs is 2. The number of anilines is 1. The Balaban J connectivity index is 1.82. The highest BCUT2D eigenvalue weighted by molar-refractivity contribution is 6.31. The highest BCUT2D eigenvalue weighted by Crippen LogP contribution is 2.25. The molecule has 0 saturated carbocycles. The minimum Gasteiger partial charge on any atom is -0.347 e. The van der Waals surface area contributed by atoms with Crippen LogP contribution in [-0.2, 0) is 7.05 Å². The molecule has 0 aliphatic heterocycles. The van der Waals surface area contributed by atoms with Crippen molar-refractivity contribution in [2.75, 3.05) is 5.32 Å². The molecule has 0 bridgehead atoms. The summed E-state index contributed by atoms with van der Waals surface area (Å²) in [5, 5.41) is 4.03. The fourth-order valence-corrected chi connectivity index (χ4v) is 3.27. The van der Waals surface area contributed by atoms with Gasteiger partial charge in [0.05, 0.1) is 16.7 Å². The van der Waals surface area contributed by atoms with E-state index in [4.69, 9.17) is 11.6 Å². The Hall–Kier alpha value is -3.25. The van der Waals surface area contributed by atoms with Gasteiger partial charge in [0.2, 0.25) is 5.43 Å². The topological polar surface area (TPSA) is 64.0 Å². The van der Waals surface area contributed by atoms with Crippen molar-refractivity contribution in [3.8, 4) is 0 Å². The van der Waals surface area contributed by atoms with Gasteiger partial charge in [-0.3, -0.25) is 14.6 Å². The molecule has 0 spiro atoms. The van der Waals surface area contributed by atoms with Crippen molar-refractivity contribution in [2.24, 2.45) is 7.05 Å². The number of hydrogen-bond donors (Lipinski definition) is 1. The minimum atomic E-state index is -0.589. The molecular weight excluding hydrogens is 369 g/mol. The smallest absolute Gasteiger partial charge is 0.261 e. The predicted molar refractivity (Wildman–Crippen MR) is 104 cm³/mol. The molecule has 5 nitrogen and oxygen atoms in total. The van der Waals surface area contributed by atoms with Gasteiger partial charge >= 0.3 is 0 Å². The molecule has 0 saturated heterocycles. The summed E-state index contributed by atoms with van der Waals surface area (Å²) in [5.74, 6) is -1.11. The number of amides is 1. The first-order valence-electron chi connectivity index (χ1n) is 8.09. The fraction of sp³-hybridized carbons (Fsp3) is 0.0500. The summed E-state index contributed by atoms with van der Waals surface area (Å²) in [6.07, 6.45) is 2.89. The van der Waals surface area contributed by atoms with Crippen LogP contribution in [0.3, 0.4) is 0 Å². The van der Waals surface area contributed by atoms with Gasteiger partial charge in [0.15, 0.2) is 0 Å². The molecule has 0 aliphatic carbocycles. The molecule has 1 N–H and O–H groups in total. The molecule has 4 rings (SSSR count). The zero-order chi connectivity index (χ0) is 19.1. The number of nitrogens with zero attached hydrogens (tertiary/aromatic N) is 2. The van der Waals surface area contributed by atoms with E-state index in [0.717, 1.165) is 0 Å². The zero-order valence-electron chi connectivity index (χ0n) is 14.2. The Labute approximate surface area is 158 Å². The van der Waals surface area contributed by atoms with E-state index in [0.29, 0.717) is 21.6 Å². The van der Waals surface area contributed by atoms with Gasteiger partial charge in [0.1, 0.15) is 11.4 Å². The number of rotatable bonds is 2. The zero-order valence-corrected chi connectivity index (χ0v) is 14.9. The molecule has 4 aromatic rings. The summed E-state index contributed by atoms with van der Waals surface area (Å²) in [7, 11) is 1.59. The van der Waals surface area contributed by atoms with Gasteiger partial charge in [0, 0.05) is 35.2 Å². The van der Waals surface area contributed by atoms with Crippen LogP contribution in [0.4, 0.5) is 10.1 Å². The molecule has 2 aromatic carbocycles. The summed E-state index contributed by atoms with van der Waals surface area (Å²) < 4.78 is 15.5. The van der Waals surface area contributed by atoms with Crippen molar-refractivity contribution in [3.05, 3.63) is 81.5 Å². The van der Waals surface area contributed by atoms with Crippen molar-refractivity contribution >= 4 is 45.0 Å². The summed E-state index contributed by atoms with van der Waals surface area (Å²) in [6.45, 7) is 0. The van der Waals surface area contributed by atoms with Gasteiger partial charge in [0.25, 0.3) is 5.91 Å². The molecule has 0 radical (unpaired) electrons. The molecule has 0 aliphatic rings. The lowest BCUT2D eigenvalue weighted by Gasteiger charge is -2.11. The second kappa shape index (κ2) is 6.48. The van der Waals surface area contributed by atoms with Crippen LogP contribution in [-0.4, -0.2) is 15.5 Å². The lowest BCUT2D eigenvalue weighted by molar-refractivity contribution is 0.102. The first kappa shape index (κ1) is 17.2. The monoisotopic (exact) mass is 381 g/mol. The number of benzene rings is 2. The van der Waals surface area contributed by atoms with Crippen molar-refractivity contribution in [1.82, 2.24) is 9.55 Å². The number of pyridine rings is 2. The molecule has 2 aromatic heterocycles. The Morgan fingerprint density at radius 1 is 1.19 bits per heavy atom. The predicted octanol–water partition coefficient (Wildman–Crippen LogP) is 4.13. The van der Waals surface area contributed by atoms with Crippen molar-refractivity contribution in [2.45, 2.75) is 0 Å². The largest absolute Gasteiger partial charge is 0.347 e. The molecule has 0 atom stereocenters. The minimum absolute atomic E-state index is 0.0809. The first-order valence-corrected chi connectivity index (χ1v) is 8.47. The number of para-hydroxylation sites is 1. The Bertz CT molecular complexity index is 1280. The van der Waals surface area contributed by atoms with Crippen LogP contribution in [0.5, 0.6) is 0 Å². The molecule has 2 heterocycles. The molecule has 27 heavy (non-hydrogen) atoms. The Morgan fingerprint density at radius 2 is 2.00 bits per heavy atom. The number of halogens is 2.